The predicted molar refractivity (Wildman–Crippen MR) is 120 cm³/mol. The highest BCUT2D eigenvalue weighted by Gasteiger charge is 2.23. The van der Waals surface area contributed by atoms with Crippen molar-refractivity contribution in [2.45, 2.75) is 32.6 Å². The second kappa shape index (κ2) is 8.80. The molecule has 0 unspecified atom stereocenters. The Morgan fingerprint density at radius 2 is 1.90 bits per heavy atom. The summed E-state index contributed by atoms with van der Waals surface area (Å²) in [6, 6.07) is 15.6. The number of carbonyl (C=O) groups is 2. The predicted octanol–water partition coefficient (Wildman–Crippen LogP) is 5.52. The third kappa shape index (κ3) is 4.14. The lowest BCUT2D eigenvalue weighted by Gasteiger charge is -2.16. The zero-order chi connectivity index (χ0) is 21.1. The molecule has 30 heavy (non-hydrogen) atoms. The molecule has 5 heteroatoms. The van der Waals surface area contributed by atoms with Crippen molar-refractivity contribution in [3.05, 3.63) is 82.6 Å². The number of aromatic nitrogens is 1. The summed E-state index contributed by atoms with van der Waals surface area (Å²) < 4.78 is 0. The number of pyridine rings is 1. The number of hydrogen-bond donors (Lipinski definition) is 0. The van der Waals surface area contributed by atoms with Crippen molar-refractivity contribution in [1.82, 2.24) is 4.98 Å². The minimum atomic E-state index is 0.0260. The van der Waals surface area contributed by atoms with E-state index in [0.29, 0.717) is 29.8 Å². The van der Waals surface area contributed by atoms with Crippen LogP contribution in [0.3, 0.4) is 0 Å². The molecule has 1 amide bonds. The van der Waals surface area contributed by atoms with Crippen molar-refractivity contribution >= 4 is 29.0 Å². The van der Waals surface area contributed by atoms with Gasteiger partial charge in [0.2, 0.25) is 5.91 Å². The summed E-state index contributed by atoms with van der Waals surface area (Å²) >= 11 is 6.47. The van der Waals surface area contributed by atoms with E-state index in [4.69, 9.17) is 11.6 Å². The van der Waals surface area contributed by atoms with E-state index >= 15 is 0 Å². The average Bonchev–Trinajstić information content (AvgIpc) is 3.21. The van der Waals surface area contributed by atoms with Crippen LogP contribution in [-0.2, 0) is 17.6 Å². The Kier molecular flexibility index (Phi) is 5.96. The fourth-order valence-corrected chi connectivity index (χ4v) is 4.18. The number of anilines is 1. The van der Waals surface area contributed by atoms with Crippen molar-refractivity contribution in [2.75, 3.05) is 11.4 Å². The largest absolute Gasteiger partial charge is 0.312 e. The highest BCUT2D eigenvalue weighted by Crippen LogP contribution is 2.34. The third-order valence-corrected chi connectivity index (χ3v) is 5.86. The Labute approximate surface area is 181 Å². The highest BCUT2D eigenvalue weighted by atomic mass is 35.5. The number of nitrogens with zero attached hydrogens (tertiary/aromatic N) is 2. The molecule has 0 spiro atoms. The van der Waals surface area contributed by atoms with Crippen LogP contribution < -0.4 is 4.90 Å². The van der Waals surface area contributed by atoms with Gasteiger partial charge in [-0.2, -0.15) is 0 Å². The van der Waals surface area contributed by atoms with Gasteiger partial charge in [-0.05, 0) is 65.4 Å². The molecule has 2 aromatic carbocycles. The molecule has 0 bridgehead atoms. The number of benzene rings is 2. The van der Waals surface area contributed by atoms with Crippen LogP contribution >= 0.6 is 11.6 Å². The molecule has 0 aliphatic carbocycles. The number of carbonyl (C=O) groups excluding carboxylic acids is 2. The Bertz CT molecular complexity index is 1100. The van der Waals surface area contributed by atoms with Gasteiger partial charge in [0, 0.05) is 43.0 Å². The fourth-order valence-electron chi connectivity index (χ4n) is 3.89. The molecule has 0 atom stereocenters. The van der Waals surface area contributed by atoms with Gasteiger partial charge in [-0.25, -0.2) is 0 Å². The Morgan fingerprint density at radius 1 is 1.10 bits per heavy atom. The number of Topliss-reactive ketones (excluding diaryl/α,β-unsaturated/α-hetero) is 1. The summed E-state index contributed by atoms with van der Waals surface area (Å²) in [5.74, 6) is 0.178. The molecule has 4 rings (SSSR count). The summed E-state index contributed by atoms with van der Waals surface area (Å²) in [6.45, 7) is 2.62. The minimum absolute atomic E-state index is 0.0260. The van der Waals surface area contributed by atoms with Crippen LogP contribution in [0.25, 0.3) is 11.1 Å². The molecule has 152 valence electrons. The molecule has 0 radical (unpaired) electrons. The first-order valence-corrected chi connectivity index (χ1v) is 10.6. The number of amides is 1. The summed E-state index contributed by atoms with van der Waals surface area (Å²) in [7, 11) is 0. The number of fused-ring (bicyclic) bond motifs is 1. The van der Waals surface area contributed by atoms with E-state index < -0.39 is 0 Å². The molecule has 0 N–H and O–H groups in total. The Hall–Kier alpha value is -2.98. The van der Waals surface area contributed by atoms with Crippen LogP contribution in [0.2, 0.25) is 5.02 Å². The van der Waals surface area contributed by atoms with Gasteiger partial charge in [0.15, 0.2) is 5.78 Å². The quantitative estimate of drug-likeness (QED) is 0.495. The molecule has 0 saturated heterocycles. The van der Waals surface area contributed by atoms with E-state index in [-0.39, 0.29) is 11.7 Å². The molecular weight excluding hydrogens is 396 g/mol. The molecule has 3 aromatic rings. The molecule has 1 aromatic heterocycles. The van der Waals surface area contributed by atoms with Gasteiger partial charge < -0.3 is 4.90 Å². The average molecular weight is 419 g/mol. The molecule has 1 aliphatic rings. The van der Waals surface area contributed by atoms with E-state index in [0.717, 1.165) is 35.3 Å². The van der Waals surface area contributed by atoms with E-state index in [1.54, 1.807) is 12.4 Å². The first-order chi connectivity index (χ1) is 14.6. The lowest BCUT2D eigenvalue weighted by Crippen LogP contribution is -2.27. The van der Waals surface area contributed by atoms with Crippen LogP contribution in [0.4, 0.5) is 5.69 Å². The summed E-state index contributed by atoms with van der Waals surface area (Å²) in [5, 5.41) is 0.465. The highest BCUT2D eigenvalue weighted by molar-refractivity contribution is 6.34. The molecule has 0 fully saturated rings. The Morgan fingerprint density at radius 3 is 2.63 bits per heavy atom. The van der Waals surface area contributed by atoms with Gasteiger partial charge in [0.1, 0.15) is 0 Å². The van der Waals surface area contributed by atoms with Crippen LogP contribution in [0, 0.1) is 0 Å². The monoisotopic (exact) mass is 418 g/mol. The van der Waals surface area contributed by atoms with Crippen LogP contribution in [0.15, 0.2) is 60.9 Å². The first kappa shape index (κ1) is 20.3. The van der Waals surface area contributed by atoms with E-state index in [2.05, 4.69) is 11.1 Å². The van der Waals surface area contributed by atoms with Crippen LogP contribution in [0.1, 0.15) is 41.3 Å². The molecule has 4 nitrogen and oxygen atoms in total. The van der Waals surface area contributed by atoms with Gasteiger partial charge in [-0.1, -0.05) is 36.7 Å². The Balaban J connectivity index is 1.51. The second-order valence-electron chi connectivity index (χ2n) is 7.47. The zero-order valence-corrected chi connectivity index (χ0v) is 17.7. The smallest absolute Gasteiger partial charge is 0.226 e. The van der Waals surface area contributed by atoms with E-state index in [1.807, 2.05) is 54.3 Å². The van der Waals surface area contributed by atoms with Crippen molar-refractivity contribution in [3.8, 4) is 11.1 Å². The number of ketones is 1. The van der Waals surface area contributed by atoms with Crippen molar-refractivity contribution < 1.29 is 9.59 Å². The second-order valence-corrected chi connectivity index (χ2v) is 7.88. The van der Waals surface area contributed by atoms with Crippen molar-refractivity contribution in [3.63, 3.8) is 0 Å². The first-order valence-electron chi connectivity index (χ1n) is 10.2. The molecule has 2 heterocycles. The topological polar surface area (TPSA) is 50.3 Å². The van der Waals surface area contributed by atoms with Crippen LogP contribution in [-0.4, -0.2) is 23.2 Å². The van der Waals surface area contributed by atoms with Gasteiger partial charge in [-0.3, -0.25) is 14.6 Å². The maximum Gasteiger partial charge on any atom is 0.226 e. The zero-order valence-electron chi connectivity index (χ0n) is 16.9. The van der Waals surface area contributed by atoms with Gasteiger partial charge in [0.05, 0.1) is 5.02 Å². The lowest BCUT2D eigenvalue weighted by atomic mass is 9.98. The number of rotatable bonds is 6. The minimum Gasteiger partial charge on any atom is -0.312 e. The number of halogens is 1. The van der Waals surface area contributed by atoms with E-state index in [9.17, 15) is 9.59 Å². The lowest BCUT2D eigenvalue weighted by molar-refractivity contribution is -0.118. The standard InChI is InChI=1S/C25H23ClN2O2/c1-2-25(30)28-13-11-20-14-18(7-9-23(20)28)19-6-8-21(22(26)15-19)24(29)10-5-17-4-3-12-27-16-17/h3-4,6-9,12,14-16H,2,5,10-11,13H2,1H3. The summed E-state index contributed by atoms with van der Waals surface area (Å²) in [5.41, 5.74) is 5.75. The molecule has 0 saturated carbocycles. The SMILES string of the molecule is CCC(=O)N1CCc2cc(-c3ccc(C(=O)CCc4cccnc4)c(Cl)c3)ccc21. The normalized spacial score (nSPS) is 12.7. The van der Waals surface area contributed by atoms with Gasteiger partial charge in [0.25, 0.3) is 0 Å². The molecule has 1 aliphatic heterocycles. The maximum atomic E-state index is 12.6. The van der Waals surface area contributed by atoms with Crippen molar-refractivity contribution in [1.29, 1.82) is 0 Å². The maximum absolute atomic E-state index is 12.6. The third-order valence-electron chi connectivity index (χ3n) is 5.54. The number of hydrogen-bond acceptors (Lipinski definition) is 3. The van der Waals surface area contributed by atoms with Gasteiger partial charge in [-0.15, -0.1) is 0 Å². The van der Waals surface area contributed by atoms with Crippen molar-refractivity contribution in [2.24, 2.45) is 0 Å². The molecular formula is C25H23ClN2O2. The van der Waals surface area contributed by atoms with Gasteiger partial charge >= 0.3 is 0 Å². The fraction of sp³-hybridized carbons (Fsp3) is 0.240. The number of aryl methyl sites for hydroxylation is 1. The summed E-state index contributed by atoms with van der Waals surface area (Å²) in [6.07, 6.45) is 5.90. The van der Waals surface area contributed by atoms with E-state index in [1.165, 1.54) is 5.56 Å². The summed E-state index contributed by atoms with van der Waals surface area (Å²) in [4.78, 5) is 30.7. The van der Waals surface area contributed by atoms with Crippen LogP contribution in [0.5, 0.6) is 0 Å².